The van der Waals surface area contributed by atoms with Gasteiger partial charge in [-0.25, -0.2) is 8.78 Å². The first kappa shape index (κ1) is 13.2. The number of carbonyl (C=O) groups is 1. The van der Waals surface area contributed by atoms with E-state index >= 15 is 0 Å². The zero-order chi connectivity index (χ0) is 13.1. The summed E-state index contributed by atoms with van der Waals surface area (Å²) >= 11 is 4.79. The van der Waals surface area contributed by atoms with Crippen LogP contribution in [-0.2, 0) is 6.54 Å². The minimum Gasteiger partial charge on any atom is -0.347 e. The molecular weight excluding hydrogens is 324 g/mol. The summed E-state index contributed by atoms with van der Waals surface area (Å²) in [4.78, 5) is 12.6. The second kappa shape index (κ2) is 5.58. The SMILES string of the molecule is O=C(NCc1sccc1Br)c1cccc(F)c1F. The van der Waals surface area contributed by atoms with Crippen molar-refractivity contribution in [1.82, 2.24) is 5.32 Å². The van der Waals surface area contributed by atoms with Crippen LogP contribution in [0.5, 0.6) is 0 Å². The van der Waals surface area contributed by atoms with Crippen LogP contribution in [0.15, 0.2) is 34.1 Å². The number of hydrogen-bond donors (Lipinski definition) is 1. The van der Waals surface area contributed by atoms with Gasteiger partial charge in [0, 0.05) is 9.35 Å². The first-order valence-corrected chi connectivity index (χ1v) is 6.71. The fourth-order valence-electron chi connectivity index (χ4n) is 1.39. The summed E-state index contributed by atoms with van der Waals surface area (Å²) < 4.78 is 27.2. The van der Waals surface area contributed by atoms with Crippen molar-refractivity contribution in [2.45, 2.75) is 6.54 Å². The van der Waals surface area contributed by atoms with E-state index in [4.69, 9.17) is 0 Å². The molecule has 2 aromatic rings. The molecule has 0 spiro atoms. The Morgan fingerprint density at radius 3 is 2.78 bits per heavy atom. The quantitative estimate of drug-likeness (QED) is 0.912. The summed E-state index contributed by atoms with van der Waals surface area (Å²) in [7, 11) is 0. The zero-order valence-corrected chi connectivity index (χ0v) is 11.4. The van der Waals surface area contributed by atoms with Crippen LogP contribution in [0.25, 0.3) is 0 Å². The highest BCUT2D eigenvalue weighted by atomic mass is 79.9. The van der Waals surface area contributed by atoms with E-state index in [1.807, 2.05) is 11.4 Å². The first-order valence-electron chi connectivity index (χ1n) is 5.03. The van der Waals surface area contributed by atoms with Crippen LogP contribution in [0.1, 0.15) is 15.2 Å². The van der Waals surface area contributed by atoms with Crippen molar-refractivity contribution in [3.8, 4) is 0 Å². The minimum absolute atomic E-state index is 0.271. The Labute approximate surface area is 115 Å². The van der Waals surface area contributed by atoms with E-state index in [1.165, 1.54) is 23.5 Å². The van der Waals surface area contributed by atoms with Crippen molar-refractivity contribution >= 4 is 33.2 Å². The second-order valence-corrected chi connectivity index (χ2v) is 5.33. The largest absolute Gasteiger partial charge is 0.347 e. The number of nitrogens with one attached hydrogen (secondary N) is 1. The van der Waals surface area contributed by atoms with E-state index in [9.17, 15) is 13.6 Å². The molecule has 0 atom stereocenters. The fourth-order valence-corrected chi connectivity index (χ4v) is 2.82. The van der Waals surface area contributed by atoms with Gasteiger partial charge in [0.1, 0.15) is 0 Å². The number of carbonyl (C=O) groups excluding carboxylic acids is 1. The fraction of sp³-hybridized carbons (Fsp3) is 0.0833. The number of hydrogen-bond acceptors (Lipinski definition) is 2. The van der Waals surface area contributed by atoms with E-state index in [2.05, 4.69) is 21.2 Å². The van der Waals surface area contributed by atoms with Crippen molar-refractivity contribution in [1.29, 1.82) is 0 Å². The maximum Gasteiger partial charge on any atom is 0.254 e. The number of benzene rings is 1. The van der Waals surface area contributed by atoms with E-state index in [-0.39, 0.29) is 12.1 Å². The van der Waals surface area contributed by atoms with Gasteiger partial charge in [0.05, 0.1) is 12.1 Å². The normalized spacial score (nSPS) is 10.4. The molecule has 0 radical (unpaired) electrons. The molecule has 2 rings (SSSR count). The Bertz CT molecular complexity index is 585. The van der Waals surface area contributed by atoms with E-state index in [0.29, 0.717) is 0 Å². The van der Waals surface area contributed by atoms with Crippen molar-refractivity contribution in [2.24, 2.45) is 0 Å². The van der Waals surface area contributed by atoms with Crippen LogP contribution in [0.2, 0.25) is 0 Å². The van der Waals surface area contributed by atoms with Crippen LogP contribution in [0.4, 0.5) is 8.78 Å². The number of rotatable bonds is 3. The minimum atomic E-state index is -1.12. The van der Waals surface area contributed by atoms with Gasteiger partial charge in [-0.2, -0.15) is 0 Å². The van der Waals surface area contributed by atoms with Crippen molar-refractivity contribution in [2.75, 3.05) is 0 Å². The lowest BCUT2D eigenvalue weighted by molar-refractivity contribution is 0.0946. The molecular formula is C12H8BrF2NOS. The highest BCUT2D eigenvalue weighted by Crippen LogP contribution is 2.22. The topological polar surface area (TPSA) is 29.1 Å². The lowest BCUT2D eigenvalue weighted by Gasteiger charge is -2.05. The molecule has 1 aromatic heterocycles. The van der Waals surface area contributed by atoms with Crippen LogP contribution in [0, 0.1) is 11.6 Å². The lowest BCUT2D eigenvalue weighted by Crippen LogP contribution is -2.23. The highest BCUT2D eigenvalue weighted by Gasteiger charge is 2.15. The number of amides is 1. The zero-order valence-electron chi connectivity index (χ0n) is 9.04. The third-order valence-corrected chi connectivity index (χ3v) is 4.22. The van der Waals surface area contributed by atoms with Crippen molar-refractivity contribution < 1.29 is 13.6 Å². The first-order chi connectivity index (χ1) is 8.59. The summed E-state index contributed by atoms with van der Waals surface area (Å²) in [5, 5.41) is 4.41. The summed E-state index contributed by atoms with van der Waals surface area (Å²) in [5.74, 6) is -2.78. The van der Waals surface area contributed by atoms with Gasteiger partial charge in [-0.3, -0.25) is 4.79 Å². The van der Waals surface area contributed by atoms with Gasteiger partial charge >= 0.3 is 0 Å². The maximum absolute atomic E-state index is 13.4. The van der Waals surface area contributed by atoms with Crippen molar-refractivity contribution in [3.63, 3.8) is 0 Å². The molecule has 0 saturated heterocycles. The number of thiophene rings is 1. The van der Waals surface area contributed by atoms with E-state index in [0.717, 1.165) is 15.4 Å². The van der Waals surface area contributed by atoms with E-state index in [1.54, 1.807) is 0 Å². The Hall–Kier alpha value is -1.27. The third-order valence-electron chi connectivity index (χ3n) is 2.30. The molecule has 1 N–H and O–H groups in total. The summed E-state index contributed by atoms with van der Waals surface area (Å²) in [6, 6.07) is 5.38. The molecule has 0 bridgehead atoms. The molecule has 1 heterocycles. The third kappa shape index (κ3) is 2.76. The Morgan fingerprint density at radius 2 is 2.11 bits per heavy atom. The van der Waals surface area contributed by atoms with Crippen LogP contribution >= 0.6 is 27.3 Å². The molecule has 0 aliphatic rings. The second-order valence-electron chi connectivity index (χ2n) is 3.48. The summed E-state index contributed by atoms with van der Waals surface area (Å²) in [6.07, 6.45) is 0. The standard InChI is InChI=1S/C12H8BrF2NOS/c13-8-4-5-18-10(8)6-16-12(17)7-2-1-3-9(14)11(7)15/h1-5H,6H2,(H,16,17). The van der Waals surface area contributed by atoms with Gasteiger partial charge in [0.2, 0.25) is 0 Å². The summed E-state index contributed by atoms with van der Waals surface area (Å²) in [6.45, 7) is 0.271. The lowest BCUT2D eigenvalue weighted by atomic mass is 10.2. The molecule has 0 saturated carbocycles. The van der Waals surface area contributed by atoms with Gasteiger partial charge in [-0.1, -0.05) is 6.07 Å². The van der Waals surface area contributed by atoms with Gasteiger partial charge in [0.25, 0.3) is 5.91 Å². The van der Waals surface area contributed by atoms with Gasteiger partial charge in [-0.05, 0) is 39.5 Å². The van der Waals surface area contributed by atoms with Crippen LogP contribution in [0.3, 0.4) is 0 Å². The summed E-state index contributed by atoms with van der Waals surface area (Å²) in [5.41, 5.74) is -0.289. The Balaban J connectivity index is 2.09. The predicted molar refractivity (Wildman–Crippen MR) is 69.5 cm³/mol. The molecule has 0 fully saturated rings. The molecule has 6 heteroatoms. The van der Waals surface area contributed by atoms with Gasteiger partial charge in [0.15, 0.2) is 11.6 Å². The number of halogens is 3. The molecule has 0 aliphatic carbocycles. The molecule has 18 heavy (non-hydrogen) atoms. The van der Waals surface area contributed by atoms with E-state index < -0.39 is 17.5 Å². The average Bonchev–Trinajstić information content (AvgIpc) is 2.75. The molecule has 0 unspecified atom stereocenters. The molecule has 1 amide bonds. The smallest absolute Gasteiger partial charge is 0.254 e. The maximum atomic E-state index is 13.4. The molecule has 94 valence electrons. The predicted octanol–water partition coefficient (Wildman–Crippen LogP) is 3.72. The van der Waals surface area contributed by atoms with Crippen LogP contribution < -0.4 is 5.32 Å². The van der Waals surface area contributed by atoms with Gasteiger partial charge < -0.3 is 5.32 Å². The molecule has 0 aliphatic heterocycles. The van der Waals surface area contributed by atoms with Gasteiger partial charge in [-0.15, -0.1) is 11.3 Å². The molecule has 2 nitrogen and oxygen atoms in total. The average molecular weight is 332 g/mol. The highest BCUT2D eigenvalue weighted by molar-refractivity contribution is 9.10. The Morgan fingerprint density at radius 1 is 1.33 bits per heavy atom. The van der Waals surface area contributed by atoms with Crippen LogP contribution in [-0.4, -0.2) is 5.91 Å². The molecule has 1 aromatic carbocycles. The monoisotopic (exact) mass is 331 g/mol. The Kier molecular flexibility index (Phi) is 4.08. The van der Waals surface area contributed by atoms with Crippen molar-refractivity contribution in [3.05, 3.63) is 56.2 Å².